The summed E-state index contributed by atoms with van der Waals surface area (Å²) in [6.45, 7) is 0.393. The summed E-state index contributed by atoms with van der Waals surface area (Å²) in [6.07, 6.45) is 4.59. The summed E-state index contributed by atoms with van der Waals surface area (Å²) < 4.78 is 36.3. The maximum absolute atomic E-state index is 10.7. The van der Waals surface area contributed by atoms with Gasteiger partial charge in [-0.3, -0.25) is 4.18 Å². The molecule has 0 aromatic carbocycles. The van der Waals surface area contributed by atoms with E-state index in [0.29, 0.717) is 19.4 Å². The summed E-state index contributed by atoms with van der Waals surface area (Å²) in [4.78, 5) is 0. The fraction of sp³-hybridized carbons (Fsp3) is 0.818. The Balaban J connectivity index is 2.42. The number of ether oxygens (including phenoxy) is 2. The highest BCUT2D eigenvalue weighted by atomic mass is 32.2. The zero-order valence-electron chi connectivity index (χ0n) is 11.1. The Kier molecular flexibility index (Phi) is 6.00. The van der Waals surface area contributed by atoms with Gasteiger partial charge in [0.05, 0.1) is 25.6 Å². The molecule has 1 saturated heterocycles. The van der Waals surface area contributed by atoms with E-state index in [-0.39, 0.29) is 12.7 Å². The maximum atomic E-state index is 10.7. The zero-order chi connectivity index (χ0) is 14.5. The van der Waals surface area contributed by atoms with Crippen molar-refractivity contribution < 1.29 is 27.2 Å². The van der Waals surface area contributed by atoms with Gasteiger partial charge in [-0.05, 0) is 6.42 Å². The molecule has 0 bridgehead atoms. The van der Waals surface area contributed by atoms with Gasteiger partial charge in [0.1, 0.15) is 13.4 Å². The van der Waals surface area contributed by atoms with Crippen LogP contribution in [0.3, 0.4) is 0 Å². The van der Waals surface area contributed by atoms with Crippen molar-refractivity contribution in [2.45, 2.75) is 30.5 Å². The van der Waals surface area contributed by atoms with Crippen LogP contribution in [0, 0.1) is 0 Å². The van der Waals surface area contributed by atoms with Crippen LogP contribution in [0.25, 0.3) is 0 Å². The second-order valence-electron chi connectivity index (χ2n) is 4.55. The summed E-state index contributed by atoms with van der Waals surface area (Å²) in [7, 11) is 3.83. The Morgan fingerprint density at radius 1 is 1.58 bits per heavy atom. The molecule has 1 rings (SSSR count). The van der Waals surface area contributed by atoms with E-state index in [1.165, 1.54) is 6.08 Å². The van der Waals surface area contributed by atoms with Gasteiger partial charge in [0.25, 0.3) is 10.1 Å². The summed E-state index contributed by atoms with van der Waals surface area (Å²) >= 11 is 0. The number of methoxy groups -OCH3 is 1. The van der Waals surface area contributed by atoms with Crippen LogP contribution in [0.1, 0.15) is 12.8 Å². The first kappa shape index (κ1) is 16.6. The quantitative estimate of drug-likeness (QED) is 0.296. The van der Waals surface area contributed by atoms with E-state index in [0.717, 1.165) is 6.26 Å². The molecule has 1 heterocycles. The fourth-order valence-electron chi connectivity index (χ4n) is 1.86. The maximum Gasteiger partial charge on any atom is 0.264 e. The number of hydrogen-bond acceptors (Lipinski definition) is 6. The van der Waals surface area contributed by atoms with Crippen molar-refractivity contribution in [1.82, 2.24) is 0 Å². The van der Waals surface area contributed by atoms with Crippen LogP contribution in [0.15, 0.2) is 12.2 Å². The molecule has 0 aromatic heterocycles. The smallest absolute Gasteiger partial charge is 0.264 e. The Labute approximate surface area is 115 Å². The summed E-state index contributed by atoms with van der Waals surface area (Å²) in [6, 6.07) is -0.820. The molecule has 6 nitrogen and oxygen atoms in total. The molecule has 0 saturated carbocycles. The van der Waals surface area contributed by atoms with E-state index in [9.17, 15) is 13.5 Å². The topological polar surface area (TPSA) is 82.1 Å². The molecule has 19 heavy (non-hydrogen) atoms. The molecule has 2 unspecified atom stereocenters. The van der Waals surface area contributed by atoms with Crippen LogP contribution in [0.2, 0.25) is 0 Å². The largest absolute Gasteiger partial charge is 0.384 e. The van der Waals surface area contributed by atoms with E-state index >= 15 is 0 Å². The first-order chi connectivity index (χ1) is 8.77. The molecular formula is C11H19BO6S. The highest BCUT2D eigenvalue weighted by Crippen LogP contribution is 2.30. The van der Waals surface area contributed by atoms with E-state index in [1.807, 2.05) is 0 Å². The van der Waals surface area contributed by atoms with E-state index in [2.05, 4.69) is 4.18 Å². The second-order valence-corrected chi connectivity index (χ2v) is 6.19. The van der Waals surface area contributed by atoms with E-state index < -0.39 is 21.7 Å². The molecular weight excluding hydrogens is 271 g/mol. The van der Waals surface area contributed by atoms with Crippen molar-refractivity contribution in [3.8, 4) is 0 Å². The molecule has 108 valence electrons. The van der Waals surface area contributed by atoms with Gasteiger partial charge in [0.2, 0.25) is 0 Å². The number of hydrogen-bond donors (Lipinski definition) is 1. The summed E-state index contributed by atoms with van der Waals surface area (Å²) in [5.74, 6) is 0. The first-order valence-corrected chi connectivity index (χ1v) is 7.73. The predicted octanol–water partition coefficient (Wildman–Crippen LogP) is -0.430. The molecule has 0 spiro atoms. The molecule has 1 fully saturated rings. The highest BCUT2D eigenvalue weighted by molar-refractivity contribution is 7.85. The molecule has 2 radical (unpaired) electrons. The van der Waals surface area contributed by atoms with Crippen LogP contribution in [0.5, 0.6) is 0 Å². The summed E-state index contributed by atoms with van der Waals surface area (Å²) in [5.41, 5.74) is -1.26. The third-order valence-electron chi connectivity index (χ3n) is 2.73. The molecule has 1 aliphatic rings. The van der Waals surface area contributed by atoms with Gasteiger partial charge < -0.3 is 14.6 Å². The lowest BCUT2D eigenvalue weighted by Gasteiger charge is -2.21. The number of rotatable bonds is 7. The van der Waals surface area contributed by atoms with Gasteiger partial charge in [-0.2, -0.15) is 8.42 Å². The van der Waals surface area contributed by atoms with Gasteiger partial charge in [-0.1, -0.05) is 12.2 Å². The SMILES string of the molecule is [B]C1OC(COC)C[C@@]1(O)/C=C/CCOS(C)(=O)=O. The van der Waals surface area contributed by atoms with Crippen molar-refractivity contribution in [3.05, 3.63) is 12.2 Å². The van der Waals surface area contributed by atoms with Gasteiger partial charge in [-0.25, -0.2) is 0 Å². The Hall–Kier alpha value is -0.405. The minimum absolute atomic E-state index is 0.0308. The van der Waals surface area contributed by atoms with Crippen molar-refractivity contribution in [1.29, 1.82) is 0 Å². The Morgan fingerprint density at radius 3 is 2.84 bits per heavy atom. The second kappa shape index (κ2) is 6.85. The first-order valence-electron chi connectivity index (χ1n) is 5.91. The van der Waals surface area contributed by atoms with Crippen molar-refractivity contribution in [2.24, 2.45) is 0 Å². The standard InChI is InChI=1S/C11H19BO6S/c1-16-8-9-7-11(13,10(12)18-9)5-3-4-6-17-19(2,14)15/h3,5,9-10,13H,4,6-8H2,1-2H3/b5-3+/t9?,10?,11-/m0/s1. The van der Waals surface area contributed by atoms with Crippen LogP contribution in [0.4, 0.5) is 0 Å². The van der Waals surface area contributed by atoms with Crippen LogP contribution >= 0.6 is 0 Å². The van der Waals surface area contributed by atoms with Crippen LogP contribution < -0.4 is 0 Å². The fourth-order valence-corrected chi connectivity index (χ4v) is 2.26. The predicted molar refractivity (Wildman–Crippen MR) is 70.4 cm³/mol. The lowest BCUT2D eigenvalue weighted by Crippen LogP contribution is -2.36. The minimum atomic E-state index is -3.43. The minimum Gasteiger partial charge on any atom is -0.384 e. The average Bonchev–Trinajstić information content (AvgIpc) is 2.53. The third kappa shape index (κ3) is 5.62. The third-order valence-corrected chi connectivity index (χ3v) is 3.32. The molecule has 0 aliphatic carbocycles. The lowest BCUT2D eigenvalue weighted by atomic mass is 9.81. The normalized spacial score (nSPS) is 32.2. The lowest BCUT2D eigenvalue weighted by molar-refractivity contribution is 0.00389. The van der Waals surface area contributed by atoms with Gasteiger partial charge >= 0.3 is 0 Å². The highest BCUT2D eigenvalue weighted by Gasteiger charge is 2.42. The molecule has 1 N–H and O–H groups in total. The van der Waals surface area contributed by atoms with E-state index in [1.54, 1.807) is 13.2 Å². The number of aliphatic hydroxyl groups is 1. The Bertz CT molecular complexity index is 409. The molecule has 8 heteroatoms. The van der Waals surface area contributed by atoms with Crippen molar-refractivity contribution in [2.75, 3.05) is 26.6 Å². The summed E-state index contributed by atoms with van der Waals surface area (Å²) in [5, 5.41) is 10.3. The average molecular weight is 290 g/mol. The van der Waals surface area contributed by atoms with Crippen LogP contribution in [-0.2, 0) is 23.8 Å². The monoisotopic (exact) mass is 290 g/mol. The molecule has 3 atom stereocenters. The molecule has 1 aliphatic heterocycles. The molecule has 0 amide bonds. The van der Waals surface area contributed by atoms with Gasteiger partial charge in [-0.15, -0.1) is 0 Å². The van der Waals surface area contributed by atoms with Crippen molar-refractivity contribution in [3.63, 3.8) is 0 Å². The van der Waals surface area contributed by atoms with Gasteiger partial charge in [0.15, 0.2) is 0 Å². The van der Waals surface area contributed by atoms with Gasteiger partial charge in [0, 0.05) is 19.5 Å². The van der Waals surface area contributed by atoms with Crippen molar-refractivity contribution >= 4 is 18.0 Å². The molecule has 0 aromatic rings. The van der Waals surface area contributed by atoms with Crippen LogP contribution in [-0.4, -0.2) is 65.7 Å². The Morgan fingerprint density at radius 2 is 2.26 bits per heavy atom. The van der Waals surface area contributed by atoms with E-state index in [4.69, 9.17) is 17.3 Å². The zero-order valence-corrected chi connectivity index (χ0v) is 11.9.